The van der Waals surface area contributed by atoms with Gasteiger partial charge in [0, 0.05) is 0 Å². The third-order valence-electron chi connectivity index (χ3n) is 7.82. The van der Waals surface area contributed by atoms with Crippen molar-refractivity contribution in [1.82, 2.24) is 9.80 Å². The number of hydrogen-bond donors (Lipinski definition) is 0. The van der Waals surface area contributed by atoms with Crippen LogP contribution in [0.5, 0.6) is 0 Å². The Hall–Kier alpha value is -4.91. The molecule has 2 amide bonds. The van der Waals surface area contributed by atoms with Crippen molar-refractivity contribution in [3.8, 4) is 0 Å². The van der Waals surface area contributed by atoms with E-state index in [4.69, 9.17) is 9.47 Å². The summed E-state index contributed by atoms with van der Waals surface area (Å²) in [6.07, 6.45) is 0. The van der Waals surface area contributed by atoms with Crippen molar-refractivity contribution in [1.29, 1.82) is 0 Å². The molecule has 7 heteroatoms. The molecular weight excluding hydrogens is 516 g/mol. The summed E-state index contributed by atoms with van der Waals surface area (Å²) in [5, 5.41) is 0. The number of methoxy groups -OCH3 is 2. The Morgan fingerprint density at radius 1 is 0.634 bits per heavy atom. The van der Waals surface area contributed by atoms with Crippen LogP contribution < -0.4 is 0 Å². The number of hydrogen-bond acceptors (Lipinski definition) is 5. The molecule has 1 saturated heterocycles. The van der Waals surface area contributed by atoms with Crippen LogP contribution in [0.2, 0.25) is 0 Å². The number of amides is 2. The summed E-state index contributed by atoms with van der Waals surface area (Å²) < 4.78 is 10.5. The first-order chi connectivity index (χ1) is 20.0. The van der Waals surface area contributed by atoms with E-state index in [2.05, 4.69) is 0 Å². The van der Waals surface area contributed by atoms with Gasteiger partial charge in [-0.05, 0) is 29.2 Å². The van der Waals surface area contributed by atoms with Crippen LogP contribution in [-0.2, 0) is 24.6 Å². The monoisotopic (exact) mass is 548 g/mol. The molecule has 4 aromatic rings. The summed E-state index contributed by atoms with van der Waals surface area (Å²) >= 11 is 0. The van der Waals surface area contributed by atoms with Crippen molar-refractivity contribution in [2.75, 3.05) is 14.2 Å². The lowest BCUT2D eigenvalue weighted by atomic mass is 9.75. The first kappa shape index (κ1) is 27.6. The lowest BCUT2D eigenvalue weighted by Gasteiger charge is -2.45. The molecule has 1 heterocycles. The van der Waals surface area contributed by atoms with Gasteiger partial charge in [0.05, 0.1) is 20.3 Å². The van der Waals surface area contributed by atoms with Gasteiger partial charge >= 0.3 is 18.0 Å². The van der Waals surface area contributed by atoms with Gasteiger partial charge in [-0.1, -0.05) is 121 Å². The molecule has 0 radical (unpaired) electrons. The highest BCUT2D eigenvalue weighted by molar-refractivity contribution is 5.98. The Balaban J connectivity index is 1.87. The molecule has 1 aliphatic heterocycles. The van der Waals surface area contributed by atoms with Gasteiger partial charge in [0.25, 0.3) is 0 Å². The smallest absolute Gasteiger partial charge is 0.331 e. The Morgan fingerprint density at radius 2 is 1.00 bits per heavy atom. The van der Waals surface area contributed by atoms with Crippen LogP contribution in [-0.4, -0.2) is 54.1 Å². The zero-order chi connectivity index (χ0) is 29.0. The minimum absolute atomic E-state index is 0.497. The highest BCUT2D eigenvalue weighted by Crippen LogP contribution is 2.48. The first-order valence-electron chi connectivity index (χ1n) is 13.5. The Morgan fingerprint density at radius 3 is 1.39 bits per heavy atom. The normalized spacial score (nSPS) is 17.7. The molecule has 5 rings (SSSR count). The Labute approximate surface area is 239 Å². The maximum Gasteiger partial charge on any atom is 0.331 e. The minimum Gasteiger partial charge on any atom is -0.467 e. The molecule has 1 fully saturated rings. The van der Waals surface area contributed by atoms with Crippen molar-refractivity contribution in [2.45, 2.75) is 30.6 Å². The van der Waals surface area contributed by atoms with Crippen molar-refractivity contribution in [3.05, 3.63) is 144 Å². The summed E-state index contributed by atoms with van der Waals surface area (Å²) in [7, 11) is 2.52. The average Bonchev–Trinajstić information content (AvgIpc) is 3.35. The first-order valence-corrected chi connectivity index (χ1v) is 13.5. The maximum atomic E-state index is 15.0. The number of ether oxygens (including phenoxy) is 2. The number of nitrogens with zero attached hydrogens (tertiary/aromatic N) is 2. The van der Waals surface area contributed by atoms with E-state index in [0.717, 1.165) is 22.3 Å². The number of rotatable bonds is 8. The molecule has 3 unspecified atom stereocenters. The molecule has 0 N–H and O–H groups in total. The van der Waals surface area contributed by atoms with Gasteiger partial charge < -0.3 is 14.4 Å². The van der Waals surface area contributed by atoms with Crippen LogP contribution in [0.1, 0.15) is 35.2 Å². The van der Waals surface area contributed by atoms with E-state index >= 15 is 0 Å². The van der Waals surface area contributed by atoms with Crippen molar-refractivity contribution < 1.29 is 23.9 Å². The van der Waals surface area contributed by atoms with Crippen molar-refractivity contribution in [2.24, 2.45) is 0 Å². The Kier molecular flexibility index (Phi) is 7.88. The maximum absolute atomic E-state index is 15.0. The fraction of sp³-hybridized carbons (Fsp3) is 0.206. The standard InChI is InChI=1S/C34H32N2O5/c1-24(25-16-8-4-9-17-25)35-29(31(37)40-2)30(32(38)41-3)36(33(35)39)34(26-18-10-5-11-19-26,27-20-12-6-13-21-27)28-22-14-7-15-23-28/h4-24,29-30H,1-3H3. The van der Waals surface area contributed by atoms with Crippen molar-refractivity contribution >= 4 is 18.0 Å². The van der Waals surface area contributed by atoms with Crippen molar-refractivity contribution in [3.63, 3.8) is 0 Å². The SMILES string of the molecule is COC(=O)C1C(C(=O)OC)N(C(c2ccccc2)(c2ccccc2)c2ccccc2)C(=O)N1C(C)c1ccccc1. The Bertz CT molecular complexity index is 1400. The molecule has 208 valence electrons. The van der Waals surface area contributed by atoms with E-state index in [1.165, 1.54) is 24.0 Å². The lowest BCUT2D eigenvalue weighted by molar-refractivity contribution is -0.156. The fourth-order valence-electron chi connectivity index (χ4n) is 5.98. The second kappa shape index (κ2) is 11.7. The second-order valence-electron chi connectivity index (χ2n) is 9.89. The van der Waals surface area contributed by atoms with Crippen LogP contribution in [0.3, 0.4) is 0 Å². The third kappa shape index (κ3) is 4.63. The molecule has 0 aliphatic carbocycles. The van der Waals surface area contributed by atoms with Crippen LogP contribution >= 0.6 is 0 Å². The zero-order valence-corrected chi connectivity index (χ0v) is 23.2. The molecule has 7 nitrogen and oxygen atoms in total. The lowest BCUT2D eigenvalue weighted by Crippen LogP contribution is -2.57. The van der Waals surface area contributed by atoms with Crippen LogP contribution in [0.25, 0.3) is 0 Å². The van der Waals surface area contributed by atoms with Gasteiger partial charge in [-0.15, -0.1) is 0 Å². The summed E-state index contributed by atoms with van der Waals surface area (Å²) in [6.45, 7) is 1.84. The molecule has 1 aliphatic rings. The van der Waals surface area contributed by atoms with E-state index in [-0.39, 0.29) is 0 Å². The molecule has 41 heavy (non-hydrogen) atoms. The van der Waals surface area contributed by atoms with E-state index in [9.17, 15) is 14.4 Å². The van der Waals surface area contributed by atoms with E-state index in [0.29, 0.717) is 0 Å². The average molecular weight is 549 g/mol. The number of benzene rings is 4. The van der Waals surface area contributed by atoms with Gasteiger partial charge in [0.1, 0.15) is 5.54 Å². The quantitative estimate of drug-likeness (QED) is 0.213. The van der Waals surface area contributed by atoms with E-state index in [1.54, 1.807) is 0 Å². The predicted molar refractivity (Wildman–Crippen MR) is 155 cm³/mol. The molecule has 3 atom stereocenters. The van der Waals surface area contributed by atoms with Gasteiger partial charge in [-0.3, -0.25) is 4.90 Å². The molecule has 0 saturated carbocycles. The van der Waals surface area contributed by atoms with Gasteiger partial charge in [-0.2, -0.15) is 0 Å². The predicted octanol–water partition coefficient (Wildman–Crippen LogP) is 5.56. The fourth-order valence-corrected chi connectivity index (χ4v) is 5.98. The van der Waals surface area contributed by atoms with Crippen LogP contribution in [0, 0.1) is 0 Å². The van der Waals surface area contributed by atoms with Gasteiger partial charge in [-0.25, -0.2) is 14.4 Å². The van der Waals surface area contributed by atoms with Crippen LogP contribution in [0.15, 0.2) is 121 Å². The summed E-state index contributed by atoms with van der Waals surface area (Å²) in [5.41, 5.74) is 1.74. The number of esters is 2. The summed E-state index contributed by atoms with van der Waals surface area (Å²) in [4.78, 5) is 45.3. The number of carbonyl (C=O) groups is 3. The van der Waals surface area contributed by atoms with Gasteiger partial charge in [0.15, 0.2) is 12.1 Å². The minimum atomic E-state index is -1.33. The summed E-state index contributed by atoms with van der Waals surface area (Å²) in [6, 6.07) is 34.4. The molecular formula is C34H32N2O5. The number of urea groups is 1. The molecule has 0 bridgehead atoms. The molecule has 0 aromatic heterocycles. The number of carbonyl (C=O) groups excluding carboxylic acids is 3. The zero-order valence-electron chi connectivity index (χ0n) is 23.2. The summed E-state index contributed by atoms with van der Waals surface area (Å²) in [5.74, 6) is -1.43. The molecule has 4 aromatic carbocycles. The molecule has 0 spiro atoms. The van der Waals surface area contributed by atoms with E-state index < -0.39 is 41.6 Å². The second-order valence-corrected chi connectivity index (χ2v) is 9.89. The topological polar surface area (TPSA) is 76.2 Å². The highest BCUT2D eigenvalue weighted by Gasteiger charge is 2.62. The third-order valence-corrected chi connectivity index (χ3v) is 7.82. The van der Waals surface area contributed by atoms with Gasteiger partial charge in [0.2, 0.25) is 0 Å². The van der Waals surface area contributed by atoms with Crippen LogP contribution in [0.4, 0.5) is 4.79 Å². The van der Waals surface area contributed by atoms with E-state index in [1.807, 2.05) is 128 Å². The largest absolute Gasteiger partial charge is 0.467 e. The highest BCUT2D eigenvalue weighted by atomic mass is 16.5.